The Balaban J connectivity index is 2.71. The number of esters is 1. The molecule has 0 saturated carbocycles. The Bertz CT molecular complexity index is 440. The van der Waals surface area contributed by atoms with Crippen molar-refractivity contribution < 1.29 is 23.4 Å². The summed E-state index contributed by atoms with van der Waals surface area (Å²) >= 11 is 0. The summed E-state index contributed by atoms with van der Waals surface area (Å²) in [5, 5.41) is 11.8. The Kier molecular flexibility index (Phi) is 7.11. The third kappa shape index (κ3) is 5.63. The number of ether oxygens (including phenoxy) is 1. The van der Waals surface area contributed by atoms with Gasteiger partial charge in [-0.3, -0.25) is 4.79 Å². The first kappa shape index (κ1) is 16.5. The van der Waals surface area contributed by atoms with Crippen LogP contribution in [0.2, 0.25) is 0 Å². The number of benzene rings is 1. The van der Waals surface area contributed by atoms with Crippen LogP contribution in [0.25, 0.3) is 0 Å². The summed E-state index contributed by atoms with van der Waals surface area (Å²) in [5.41, 5.74) is 0.204. The molecule has 0 saturated heterocycles. The molecule has 0 heterocycles. The number of aliphatic hydroxyl groups excluding tert-OH is 1. The first-order valence-corrected chi connectivity index (χ1v) is 6.41. The SMILES string of the molecule is COC(=O)CC(Cc1cc(F)ccc1F)NCCCO. The van der Waals surface area contributed by atoms with Crippen LogP contribution >= 0.6 is 0 Å². The highest BCUT2D eigenvalue weighted by Gasteiger charge is 2.16. The maximum atomic E-state index is 13.6. The van der Waals surface area contributed by atoms with Crippen LogP contribution in [0.1, 0.15) is 18.4 Å². The van der Waals surface area contributed by atoms with Crippen LogP contribution in [-0.2, 0) is 16.0 Å². The highest BCUT2D eigenvalue weighted by Crippen LogP contribution is 2.13. The second kappa shape index (κ2) is 8.60. The normalized spacial score (nSPS) is 12.2. The van der Waals surface area contributed by atoms with Gasteiger partial charge in [0.1, 0.15) is 11.6 Å². The van der Waals surface area contributed by atoms with Crippen LogP contribution < -0.4 is 5.32 Å². The van der Waals surface area contributed by atoms with E-state index in [0.717, 1.165) is 18.2 Å². The molecular formula is C14H19F2NO3. The first-order valence-electron chi connectivity index (χ1n) is 6.41. The third-order valence-electron chi connectivity index (χ3n) is 2.88. The average Bonchev–Trinajstić information content (AvgIpc) is 2.42. The molecule has 112 valence electrons. The van der Waals surface area contributed by atoms with E-state index in [4.69, 9.17) is 5.11 Å². The van der Waals surface area contributed by atoms with E-state index < -0.39 is 17.6 Å². The zero-order chi connectivity index (χ0) is 15.0. The van der Waals surface area contributed by atoms with Gasteiger partial charge < -0.3 is 15.2 Å². The molecule has 0 aliphatic heterocycles. The predicted molar refractivity (Wildman–Crippen MR) is 70.2 cm³/mol. The van der Waals surface area contributed by atoms with Gasteiger partial charge in [0.25, 0.3) is 0 Å². The van der Waals surface area contributed by atoms with Gasteiger partial charge in [0, 0.05) is 12.6 Å². The maximum absolute atomic E-state index is 13.6. The number of halogens is 2. The zero-order valence-electron chi connectivity index (χ0n) is 11.4. The smallest absolute Gasteiger partial charge is 0.307 e. The zero-order valence-corrected chi connectivity index (χ0v) is 11.4. The molecule has 0 radical (unpaired) electrons. The van der Waals surface area contributed by atoms with Crippen molar-refractivity contribution in [1.82, 2.24) is 5.32 Å². The van der Waals surface area contributed by atoms with Gasteiger partial charge in [-0.05, 0) is 43.1 Å². The number of carbonyl (C=O) groups is 1. The van der Waals surface area contributed by atoms with Crippen LogP contribution in [0.4, 0.5) is 8.78 Å². The largest absolute Gasteiger partial charge is 0.469 e. The van der Waals surface area contributed by atoms with Crippen molar-refractivity contribution in [1.29, 1.82) is 0 Å². The van der Waals surface area contributed by atoms with Crippen molar-refractivity contribution in [2.75, 3.05) is 20.3 Å². The van der Waals surface area contributed by atoms with Crippen molar-refractivity contribution in [3.8, 4) is 0 Å². The number of aliphatic hydroxyl groups is 1. The lowest BCUT2D eigenvalue weighted by molar-refractivity contribution is -0.141. The van der Waals surface area contributed by atoms with E-state index in [1.165, 1.54) is 7.11 Å². The Morgan fingerprint density at radius 2 is 2.20 bits per heavy atom. The molecule has 0 aliphatic carbocycles. The lowest BCUT2D eigenvalue weighted by atomic mass is 10.0. The second-order valence-corrected chi connectivity index (χ2v) is 4.45. The highest BCUT2D eigenvalue weighted by molar-refractivity contribution is 5.70. The minimum absolute atomic E-state index is 0.0201. The number of rotatable bonds is 8. The number of carbonyl (C=O) groups excluding carboxylic acids is 1. The van der Waals surface area contributed by atoms with Gasteiger partial charge in [0.15, 0.2) is 0 Å². The lowest BCUT2D eigenvalue weighted by Crippen LogP contribution is -2.35. The van der Waals surface area contributed by atoms with Gasteiger partial charge in [0.05, 0.1) is 13.5 Å². The van der Waals surface area contributed by atoms with E-state index in [-0.39, 0.29) is 31.1 Å². The minimum Gasteiger partial charge on any atom is -0.469 e. The molecule has 6 heteroatoms. The number of nitrogens with one attached hydrogen (secondary N) is 1. The highest BCUT2D eigenvalue weighted by atomic mass is 19.1. The molecular weight excluding hydrogens is 268 g/mol. The van der Waals surface area contributed by atoms with Crippen LogP contribution in [0.5, 0.6) is 0 Å². The monoisotopic (exact) mass is 287 g/mol. The Morgan fingerprint density at radius 1 is 1.45 bits per heavy atom. The average molecular weight is 287 g/mol. The molecule has 1 aromatic carbocycles. The van der Waals surface area contributed by atoms with Crippen LogP contribution in [0.3, 0.4) is 0 Å². The maximum Gasteiger partial charge on any atom is 0.307 e. The lowest BCUT2D eigenvalue weighted by Gasteiger charge is -2.18. The Labute approximate surface area is 116 Å². The standard InChI is InChI=1S/C14H19F2NO3/c1-20-14(19)9-12(17-5-2-6-18)8-10-7-11(15)3-4-13(10)16/h3-4,7,12,17-18H,2,5-6,8-9H2,1H3. The molecule has 0 aliphatic rings. The van der Waals surface area contributed by atoms with Crippen LogP contribution in [0, 0.1) is 11.6 Å². The summed E-state index contributed by atoms with van der Waals surface area (Å²) in [6.07, 6.45) is 0.741. The van der Waals surface area contributed by atoms with E-state index in [0.29, 0.717) is 13.0 Å². The number of hydrogen-bond donors (Lipinski definition) is 2. The fourth-order valence-corrected chi connectivity index (χ4v) is 1.85. The predicted octanol–water partition coefficient (Wildman–Crippen LogP) is 1.41. The molecule has 0 spiro atoms. The van der Waals surface area contributed by atoms with Gasteiger partial charge in [-0.2, -0.15) is 0 Å². The van der Waals surface area contributed by atoms with Gasteiger partial charge in [-0.1, -0.05) is 0 Å². The summed E-state index contributed by atoms with van der Waals surface area (Å²) in [6.45, 7) is 0.501. The molecule has 4 nitrogen and oxygen atoms in total. The van der Waals surface area contributed by atoms with Gasteiger partial charge in [-0.15, -0.1) is 0 Å². The number of methoxy groups -OCH3 is 1. The third-order valence-corrected chi connectivity index (χ3v) is 2.88. The fraction of sp³-hybridized carbons (Fsp3) is 0.500. The molecule has 1 unspecified atom stereocenters. The molecule has 20 heavy (non-hydrogen) atoms. The molecule has 2 N–H and O–H groups in total. The van der Waals surface area contributed by atoms with E-state index in [9.17, 15) is 13.6 Å². The summed E-state index contributed by atoms with van der Waals surface area (Å²) in [4.78, 5) is 11.3. The van der Waals surface area contributed by atoms with Gasteiger partial charge in [-0.25, -0.2) is 8.78 Å². The van der Waals surface area contributed by atoms with E-state index in [2.05, 4.69) is 10.1 Å². The number of hydrogen-bond acceptors (Lipinski definition) is 4. The van der Waals surface area contributed by atoms with Gasteiger partial charge in [0.2, 0.25) is 0 Å². The fourth-order valence-electron chi connectivity index (χ4n) is 1.85. The van der Waals surface area contributed by atoms with E-state index in [1.807, 2.05) is 0 Å². The summed E-state index contributed by atoms with van der Waals surface area (Å²) in [7, 11) is 1.27. The van der Waals surface area contributed by atoms with Crippen molar-refractivity contribution in [2.24, 2.45) is 0 Å². The van der Waals surface area contributed by atoms with Crippen LogP contribution in [0.15, 0.2) is 18.2 Å². The Morgan fingerprint density at radius 3 is 2.85 bits per heavy atom. The van der Waals surface area contributed by atoms with Crippen molar-refractivity contribution >= 4 is 5.97 Å². The van der Waals surface area contributed by atoms with Crippen molar-refractivity contribution in [3.05, 3.63) is 35.4 Å². The molecule has 0 amide bonds. The molecule has 1 atom stereocenters. The van der Waals surface area contributed by atoms with Crippen molar-refractivity contribution in [3.63, 3.8) is 0 Å². The molecule has 0 aromatic heterocycles. The minimum atomic E-state index is -0.520. The summed E-state index contributed by atoms with van der Waals surface area (Å²) < 4.78 is 31.3. The van der Waals surface area contributed by atoms with E-state index >= 15 is 0 Å². The molecule has 0 fully saturated rings. The van der Waals surface area contributed by atoms with Gasteiger partial charge >= 0.3 is 5.97 Å². The van der Waals surface area contributed by atoms with Crippen molar-refractivity contribution in [2.45, 2.75) is 25.3 Å². The molecule has 1 aromatic rings. The quantitative estimate of drug-likeness (QED) is 0.561. The summed E-state index contributed by atoms with van der Waals surface area (Å²) in [6, 6.07) is 2.86. The second-order valence-electron chi connectivity index (χ2n) is 4.45. The Hall–Kier alpha value is -1.53. The molecule has 1 rings (SSSR count). The topological polar surface area (TPSA) is 58.6 Å². The summed E-state index contributed by atoms with van der Waals surface area (Å²) in [5.74, 6) is -1.46. The van der Waals surface area contributed by atoms with E-state index in [1.54, 1.807) is 0 Å². The van der Waals surface area contributed by atoms with Crippen LogP contribution in [-0.4, -0.2) is 37.4 Å². The first-order chi connectivity index (χ1) is 9.56. The molecule has 0 bridgehead atoms.